The maximum atomic E-state index is 10.9. The van der Waals surface area contributed by atoms with Gasteiger partial charge in [-0.3, -0.25) is 0 Å². The van der Waals surface area contributed by atoms with Crippen LogP contribution in [0, 0.1) is 5.92 Å². The van der Waals surface area contributed by atoms with Gasteiger partial charge in [-0.2, -0.15) is 0 Å². The van der Waals surface area contributed by atoms with Crippen LogP contribution in [0.5, 0.6) is 0 Å². The molecular formula is C15H22O10. The Morgan fingerprint density at radius 2 is 1.76 bits per heavy atom. The van der Waals surface area contributed by atoms with Gasteiger partial charge in [-0.25, -0.2) is 0 Å². The summed E-state index contributed by atoms with van der Waals surface area (Å²) in [7, 11) is 0. The Morgan fingerprint density at radius 3 is 2.44 bits per heavy atom. The van der Waals surface area contributed by atoms with E-state index in [9.17, 15) is 30.6 Å². The van der Waals surface area contributed by atoms with Crippen molar-refractivity contribution in [2.75, 3.05) is 6.61 Å². The van der Waals surface area contributed by atoms with Gasteiger partial charge in [0.1, 0.15) is 42.2 Å². The summed E-state index contributed by atoms with van der Waals surface area (Å²) in [5, 5.41) is 60.2. The largest absolute Gasteiger partial charge is 0.472 e. The summed E-state index contributed by atoms with van der Waals surface area (Å²) in [6.07, 6.45) is -9.22. The number of aliphatic hydroxyl groups is 6. The second-order valence-corrected chi connectivity index (χ2v) is 7.00. The van der Waals surface area contributed by atoms with E-state index in [2.05, 4.69) is 0 Å². The van der Waals surface area contributed by atoms with Crippen molar-refractivity contribution in [3.63, 3.8) is 0 Å². The minimum Gasteiger partial charge on any atom is -0.472 e. The van der Waals surface area contributed by atoms with E-state index in [0.29, 0.717) is 5.57 Å². The third kappa shape index (κ3) is 2.37. The van der Waals surface area contributed by atoms with E-state index in [1.807, 2.05) is 0 Å². The molecule has 11 atom stereocenters. The minimum absolute atomic E-state index is 0.425. The van der Waals surface area contributed by atoms with Crippen molar-refractivity contribution in [2.24, 2.45) is 5.92 Å². The van der Waals surface area contributed by atoms with E-state index in [4.69, 9.17) is 18.9 Å². The van der Waals surface area contributed by atoms with E-state index in [-0.39, 0.29) is 0 Å². The third-order valence-corrected chi connectivity index (χ3v) is 5.61. The molecule has 0 aromatic heterocycles. The van der Waals surface area contributed by atoms with Crippen molar-refractivity contribution in [3.05, 3.63) is 11.8 Å². The Kier molecular flexibility index (Phi) is 4.11. The van der Waals surface area contributed by atoms with Gasteiger partial charge in [-0.1, -0.05) is 0 Å². The highest BCUT2D eigenvalue weighted by Gasteiger charge is 2.73. The van der Waals surface area contributed by atoms with Crippen LogP contribution in [0.4, 0.5) is 0 Å². The highest BCUT2D eigenvalue weighted by molar-refractivity contribution is 5.31. The van der Waals surface area contributed by atoms with Crippen LogP contribution in [0.15, 0.2) is 11.8 Å². The summed E-state index contributed by atoms with van der Waals surface area (Å²) in [5.41, 5.74) is -1.17. The monoisotopic (exact) mass is 362 g/mol. The van der Waals surface area contributed by atoms with Crippen molar-refractivity contribution >= 4 is 0 Å². The van der Waals surface area contributed by atoms with Crippen LogP contribution in [0.3, 0.4) is 0 Å². The van der Waals surface area contributed by atoms with Crippen molar-refractivity contribution < 1.29 is 49.6 Å². The number of hydrogen-bond donors (Lipinski definition) is 6. The van der Waals surface area contributed by atoms with Gasteiger partial charge in [0.25, 0.3) is 0 Å². The number of ether oxygens (including phenoxy) is 4. The maximum Gasteiger partial charge on any atom is 0.210 e. The van der Waals surface area contributed by atoms with Crippen LogP contribution in [0.2, 0.25) is 0 Å². The van der Waals surface area contributed by atoms with Crippen molar-refractivity contribution in [2.45, 2.75) is 67.8 Å². The van der Waals surface area contributed by atoms with Crippen LogP contribution in [-0.4, -0.2) is 98.2 Å². The third-order valence-electron chi connectivity index (χ3n) is 5.61. The predicted molar refractivity (Wildman–Crippen MR) is 76.6 cm³/mol. The molecule has 10 nitrogen and oxygen atoms in total. The summed E-state index contributed by atoms with van der Waals surface area (Å²) in [5.74, 6) is -0.759. The van der Waals surface area contributed by atoms with Gasteiger partial charge in [-0.15, -0.1) is 0 Å². The zero-order valence-electron chi connectivity index (χ0n) is 13.4. The fourth-order valence-corrected chi connectivity index (χ4v) is 4.01. The standard InChI is InChI=1S/C15H22O10/c1-4-3-22-13(6-10-11(24-10)12(20)15(4,6)21)25-14-9(19)8(18)7(17)5(2-16)23-14/h3,5-14,16-21H,2H2,1H3/t5-,6-,7-,8+,9-,10+,11+,12+,13-,14+,15-/m0/s1. The van der Waals surface area contributed by atoms with E-state index < -0.39 is 73.4 Å². The van der Waals surface area contributed by atoms with Gasteiger partial charge in [0.2, 0.25) is 6.29 Å². The Labute approximate surface area is 142 Å². The smallest absolute Gasteiger partial charge is 0.210 e. The first-order chi connectivity index (χ1) is 11.8. The summed E-state index contributed by atoms with van der Waals surface area (Å²) in [6, 6.07) is 0. The zero-order valence-corrected chi connectivity index (χ0v) is 13.4. The fraction of sp³-hybridized carbons (Fsp3) is 0.867. The minimum atomic E-state index is -1.59. The van der Waals surface area contributed by atoms with E-state index in [1.165, 1.54) is 6.26 Å². The number of epoxide rings is 1. The Balaban J connectivity index is 1.55. The number of hydrogen-bond acceptors (Lipinski definition) is 10. The summed E-state index contributed by atoms with van der Waals surface area (Å²) < 4.78 is 21.7. The van der Waals surface area contributed by atoms with E-state index in [0.717, 1.165) is 0 Å². The molecule has 0 unspecified atom stereocenters. The normalized spacial score (nSPS) is 57.3. The molecule has 0 bridgehead atoms. The molecule has 2 saturated heterocycles. The molecule has 3 heterocycles. The molecule has 4 rings (SSSR count). The Morgan fingerprint density at radius 1 is 1.04 bits per heavy atom. The highest BCUT2D eigenvalue weighted by Crippen LogP contribution is 2.56. The molecule has 1 saturated carbocycles. The van der Waals surface area contributed by atoms with E-state index >= 15 is 0 Å². The molecule has 3 fully saturated rings. The molecule has 6 N–H and O–H groups in total. The molecule has 10 heteroatoms. The van der Waals surface area contributed by atoms with Crippen molar-refractivity contribution in [1.82, 2.24) is 0 Å². The first kappa shape index (κ1) is 17.6. The Hall–Kier alpha value is -0.820. The first-order valence-corrected chi connectivity index (χ1v) is 8.15. The lowest BCUT2D eigenvalue weighted by Crippen LogP contribution is -2.61. The van der Waals surface area contributed by atoms with Gasteiger partial charge in [0.05, 0.1) is 24.9 Å². The topological polar surface area (TPSA) is 162 Å². The quantitative estimate of drug-likeness (QED) is 0.278. The van der Waals surface area contributed by atoms with Gasteiger partial charge in [0, 0.05) is 0 Å². The number of fused-ring (bicyclic) bond motifs is 3. The first-order valence-electron chi connectivity index (χ1n) is 8.15. The predicted octanol–water partition coefficient (Wildman–Crippen LogP) is -3.45. The van der Waals surface area contributed by atoms with Gasteiger partial charge in [-0.05, 0) is 12.5 Å². The lowest BCUT2D eigenvalue weighted by Gasteiger charge is -2.45. The molecule has 4 aliphatic rings. The fourth-order valence-electron chi connectivity index (χ4n) is 4.01. The lowest BCUT2D eigenvalue weighted by atomic mass is 9.80. The summed E-state index contributed by atoms with van der Waals surface area (Å²) in [4.78, 5) is 0. The van der Waals surface area contributed by atoms with Gasteiger partial charge in [0.15, 0.2) is 6.29 Å². The maximum absolute atomic E-state index is 10.9. The second-order valence-electron chi connectivity index (χ2n) is 7.00. The molecule has 3 aliphatic heterocycles. The van der Waals surface area contributed by atoms with Gasteiger partial charge < -0.3 is 49.6 Å². The molecule has 1 aliphatic carbocycles. The van der Waals surface area contributed by atoms with Crippen LogP contribution < -0.4 is 0 Å². The molecular weight excluding hydrogens is 340 g/mol. The average molecular weight is 362 g/mol. The number of rotatable bonds is 3. The molecule has 0 amide bonds. The van der Waals surface area contributed by atoms with E-state index in [1.54, 1.807) is 6.92 Å². The lowest BCUT2D eigenvalue weighted by molar-refractivity contribution is -0.348. The average Bonchev–Trinajstić information content (AvgIpc) is 3.33. The SMILES string of the molecule is CC1=CO[C@@H](O[C@H]2O[C@@H](CO)[C@H](O)[C@@H](O)[C@@H]2O)[C@@H]2[C@H]3O[C@H]3[C@@H](O)[C@]12O. The molecule has 0 aromatic carbocycles. The highest BCUT2D eigenvalue weighted by atomic mass is 16.8. The van der Waals surface area contributed by atoms with Crippen LogP contribution in [0.25, 0.3) is 0 Å². The van der Waals surface area contributed by atoms with Gasteiger partial charge >= 0.3 is 0 Å². The molecule has 0 aromatic rings. The van der Waals surface area contributed by atoms with Crippen LogP contribution in [-0.2, 0) is 18.9 Å². The van der Waals surface area contributed by atoms with Crippen molar-refractivity contribution in [3.8, 4) is 0 Å². The van der Waals surface area contributed by atoms with Crippen LogP contribution >= 0.6 is 0 Å². The van der Waals surface area contributed by atoms with Crippen molar-refractivity contribution in [1.29, 1.82) is 0 Å². The summed E-state index contributed by atoms with van der Waals surface area (Å²) >= 11 is 0. The molecule has 142 valence electrons. The number of aliphatic hydroxyl groups excluding tert-OH is 5. The zero-order chi connectivity index (χ0) is 18.1. The Bertz CT molecular complexity index is 567. The van der Waals surface area contributed by atoms with Crippen LogP contribution in [0.1, 0.15) is 6.92 Å². The molecule has 25 heavy (non-hydrogen) atoms. The molecule has 0 spiro atoms. The second kappa shape index (κ2) is 5.84. The summed E-state index contributed by atoms with van der Waals surface area (Å²) in [6.45, 7) is 1.03. The molecule has 0 radical (unpaired) electrons.